The molecular weight excluding hydrogens is 294 g/mol. The van der Waals surface area contributed by atoms with Crippen molar-refractivity contribution in [3.63, 3.8) is 0 Å². The Balaban J connectivity index is 1.52. The van der Waals surface area contributed by atoms with E-state index >= 15 is 0 Å². The van der Waals surface area contributed by atoms with Crippen LogP contribution in [-0.4, -0.2) is 61.1 Å². The van der Waals surface area contributed by atoms with E-state index in [0.29, 0.717) is 32.7 Å². The van der Waals surface area contributed by atoms with Gasteiger partial charge in [-0.15, -0.1) is 0 Å². The Hall–Kier alpha value is -2.08. The molecule has 2 aliphatic heterocycles. The molecule has 1 aromatic rings. The Kier molecular flexibility index (Phi) is 5.12. The van der Waals surface area contributed by atoms with Gasteiger partial charge in [0.15, 0.2) is 0 Å². The molecule has 0 radical (unpaired) electrons. The minimum Gasteiger partial charge on any atom is -0.378 e. The molecule has 1 N–H and O–H groups in total. The lowest BCUT2D eigenvalue weighted by atomic mass is 10.1. The highest BCUT2D eigenvalue weighted by Crippen LogP contribution is 2.14. The van der Waals surface area contributed by atoms with Gasteiger partial charge in [0, 0.05) is 31.9 Å². The van der Waals surface area contributed by atoms with Crippen molar-refractivity contribution in [2.75, 3.05) is 44.7 Å². The standard InChI is InChI=1S/C17H23N3O3/c21-16(19-7-1-2-8-19)13-14-3-5-15(6-4-14)18-17(22)20-9-11-23-12-10-20/h3-6H,1-2,7-13H2,(H,18,22). The van der Waals surface area contributed by atoms with E-state index < -0.39 is 0 Å². The third-order valence-corrected chi connectivity index (χ3v) is 4.32. The van der Waals surface area contributed by atoms with Crippen LogP contribution in [0.5, 0.6) is 0 Å². The van der Waals surface area contributed by atoms with Gasteiger partial charge in [0.05, 0.1) is 19.6 Å². The molecule has 2 aliphatic rings. The second-order valence-corrected chi connectivity index (χ2v) is 5.99. The van der Waals surface area contributed by atoms with Crippen molar-refractivity contribution >= 4 is 17.6 Å². The lowest BCUT2D eigenvalue weighted by Crippen LogP contribution is -2.43. The van der Waals surface area contributed by atoms with Crippen LogP contribution < -0.4 is 5.32 Å². The molecule has 3 amide bonds. The number of urea groups is 1. The molecule has 124 valence electrons. The highest BCUT2D eigenvalue weighted by molar-refractivity contribution is 5.89. The number of amides is 3. The number of ether oxygens (including phenoxy) is 1. The van der Waals surface area contributed by atoms with Crippen molar-refractivity contribution in [1.82, 2.24) is 9.80 Å². The molecule has 23 heavy (non-hydrogen) atoms. The second-order valence-electron chi connectivity index (χ2n) is 5.99. The number of benzene rings is 1. The molecule has 0 spiro atoms. The summed E-state index contributed by atoms with van der Waals surface area (Å²) >= 11 is 0. The third kappa shape index (κ3) is 4.22. The van der Waals surface area contributed by atoms with Crippen LogP contribution >= 0.6 is 0 Å². The fraction of sp³-hybridized carbons (Fsp3) is 0.529. The summed E-state index contributed by atoms with van der Waals surface area (Å²) in [4.78, 5) is 27.9. The summed E-state index contributed by atoms with van der Waals surface area (Å²) in [5, 5.41) is 2.88. The molecule has 6 nitrogen and oxygen atoms in total. The third-order valence-electron chi connectivity index (χ3n) is 4.32. The fourth-order valence-electron chi connectivity index (χ4n) is 2.93. The summed E-state index contributed by atoms with van der Waals surface area (Å²) in [7, 11) is 0. The van der Waals surface area contributed by atoms with Gasteiger partial charge in [-0.05, 0) is 30.5 Å². The first-order valence-electron chi connectivity index (χ1n) is 8.23. The molecule has 1 aromatic carbocycles. The summed E-state index contributed by atoms with van der Waals surface area (Å²) in [6.07, 6.45) is 2.65. The molecule has 0 aromatic heterocycles. The monoisotopic (exact) mass is 317 g/mol. The van der Waals surface area contributed by atoms with Gasteiger partial charge < -0.3 is 19.9 Å². The van der Waals surface area contributed by atoms with Crippen molar-refractivity contribution in [3.8, 4) is 0 Å². The van der Waals surface area contributed by atoms with E-state index in [2.05, 4.69) is 5.32 Å². The molecule has 0 aliphatic carbocycles. The Morgan fingerprint density at radius 1 is 0.957 bits per heavy atom. The molecular formula is C17H23N3O3. The lowest BCUT2D eigenvalue weighted by molar-refractivity contribution is -0.129. The zero-order valence-electron chi connectivity index (χ0n) is 13.3. The van der Waals surface area contributed by atoms with E-state index in [9.17, 15) is 9.59 Å². The molecule has 0 bridgehead atoms. The van der Waals surface area contributed by atoms with Crippen LogP contribution in [-0.2, 0) is 16.0 Å². The van der Waals surface area contributed by atoms with Crippen molar-refractivity contribution < 1.29 is 14.3 Å². The number of nitrogens with zero attached hydrogens (tertiary/aromatic N) is 2. The highest BCUT2D eigenvalue weighted by Gasteiger charge is 2.18. The summed E-state index contributed by atoms with van der Waals surface area (Å²) in [5.74, 6) is 0.188. The Morgan fingerprint density at radius 3 is 2.26 bits per heavy atom. The number of hydrogen-bond donors (Lipinski definition) is 1. The minimum absolute atomic E-state index is 0.103. The van der Waals surface area contributed by atoms with Crippen LogP contribution in [0, 0.1) is 0 Å². The summed E-state index contributed by atoms with van der Waals surface area (Å²) in [5.41, 5.74) is 1.73. The minimum atomic E-state index is -0.103. The zero-order chi connectivity index (χ0) is 16.1. The second kappa shape index (κ2) is 7.46. The molecule has 3 rings (SSSR count). The highest BCUT2D eigenvalue weighted by atomic mass is 16.5. The van der Waals surface area contributed by atoms with E-state index in [-0.39, 0.29) is 11.9 Å². The number of hydrogen-bond acceptors (Lipinski definition) is 3. The van der Waals surface area contributed by atoms with Gasteiger partial charge in [0.1, 0.15) is 0 Å². The quantitative estimate of drug-likeness (QED) is 0.923. The van der Waals surface area contributed by atoms with Crippen LogP contribution in [0.4, 0.5) is 10.5 Å². The van der Waals surface area contributed by atoms with Gasteiger partial charge in [0.25, 0.3) is 0 Å². The van der Waals surface area contributed by atoms with Crippen LogP contribution in [0.1, 0.15) is 18.4 Å². The maximum atomic E-state index is 12.1. The number of likely N-dealkylation sites (tertiary alicyclic amines) is 1. The van der Waals surface area contributed by atoms with Gasteiger partial charge in [0.2, 0.25) is 5.91 Å². The summed E-state index contributed by atoms with van der Waals surface area (Å²) in [6.45, 7) is 4.18. The van der Waals surface area contributed by atoms with Crippen molar-refractivity contribution in [2.24, 2.45) is 0 Å². The first kappa shape index (κ1) is 15.8. The topological polar surface area (TPSA) is 61.9 Å². The van der Waals surface area contributed by atoms with E-state index in [0.717, 1.165) is 37.2 Å². The van der Waals surface area contributed by atoms with Gasteiger partial charge in [-0.1, -0.05) is 12.1 Å². The predicted molar refractivity (Wildman–Crippen MR) is 87.4 cm³/mol. The first-order chi connectivity index (χ1) is 11.2. The average molecular weight is 317 g/mol. The normalized spacial score (nSPS) is 18.1. The molecule has 0 unspecified atom stereocenters. The molecule has 0 atom stereocenters. The molecule has 2 fully saturated rings. The number of morpholine rings is 1. The zero-order valence-corrected chi connectivity index (χ0v) is 13.3. The number of carbonyl (C=O) groups excluding carboxylic acids is 2. The number of carbonyl (C=O) groups is 2. The summed E-state index contributed by atoms with van der Waals surface area (Å²) in [6, 6.07) is 7.41. The molecule has 2 heterocycles. The van der Waals surface area contributed by atoms with Crippen LogP contribution in [0.25, 0.3) is 0 Å². The number of rotatable bonds is 3. The van der Waals surface area contributed by atoms with E-state index in [1.54, 1.807) is 4.90 Å². The first-order valence-corrected chi connectivity index (χ1v) is 8.23. The maximum absolute atomic E-state index is 12.1. The predicted octanol–water partition coefficient (Wildman–Crippen LogP) is 1.72. The van der Waals surface area contributed by atoms with Crippen molar-refractivity contribution in [3.05, 3.63) is 29.8 Å². The van der Waals surface area contributed by atoms with Crippen LogP contribution in [0.15, 0.2) is 24.3 Å². The van der Waals surface area contributed by atoms with Crippen LogP contribution in [0.2, 0.25) is 0 Å². The van der Waals surface area contributed by atoms with Gasteiger partial charge >= 0.3 is 6.03 Å². The molecule has 6 heteroatoms. The lowest BCUT2D eigenvalue weighted by Gasteiger charge is -2.26. The fourth-order valence-corrected chi connectivity index (χ4v) is 2.93. The average Bonchev–Trinajstić information content (AvgIpc) is 3.12. The largest absolute Gasteiger partial charge is 0.378 e. The van der Waals surface area contributed by atoms with E-state index in [1.165, 1.54) is 0 Å². The van der Waals surface area contributed by atoms with E-state index in [4.69, 9.17) is 4.74 Å². The van der Waals surface area contributed by atoms with Gasteiger partial charge in [-0.25, -0.2) is 4.79 Å². The van der Waals surface area contributed by atoms with Gasteiger partial charge in [-0.2, -0.15) is 0 Å². The number of anilines is 1. The van der Waals surface area contributed by atoms with Crippen molar-refractivity contribution in [1.29, 1.82) is 0 Å². The Bertz CT molecular complexity index is 547. The number of nitrogens with one attached hydrogen (secondary N) is 1. The SMILES string of the molecule is O=C(Cc1ccc(NC(=O)N2CCOCC2)cc1)N1CCCC1. The smallest absolute Gasteiger partial charge is 0.321 e. The Labute approximate surface area is 136 Å². The summed E-state index contributed by atoms with van der Waals surface area (Å²) < 4.78 is 5.24. The van der Waals surface area contributed by atoms with Gasteiger partial charge in [-0.3, -0.25) is 4.79 Å². The molecule has 2 saturated heterocycles. The Morgan fingerprint density at radius 2 is 1.61 bits per heavy atom. The van der Waals surface area contributed by atoms with Crippen molar-refractivity contribution in [2.45, 2.75) is 19.3 Å². The molecule has 0 saturated carbocycles. The van der Waals surface area contributed by atoms with Crippen LogP contribution in [0.3, 0.4) is 0 Å². The van der Waals surface area contributed by atoms with E-state index in [1.807, 2.05) is 29.2 Å². The maximum Gasteiger partial charge on any atom is 0.321 e.